The van der Waals surface area contributed by atoms with Gasteiger partial charge in [0.25, 0.3) is 15.9 Å². The van der Waals surface area contributed by atoms with E-state index in [4.69, 9.17) is 0 Å². The number of hydrogen-bond acceptors (Lipinski definition) is 4. The first kappa shape index (κ1) is 21.9. The van der Waals surface area contributed by atoms with Crippen LogP contribution in [-0.4, -0.2) is 34.5 Å². The van der Waals surface area contributed by atoms with Crippen LogP contribution in [0.2, 0.25) is 0 Å². The molecule has 1 fully saturated rings. The summed E-state index contributed by atoms with van der Waals surface area (Å²) in [6.07, 6.45) is 1.19. The standard InChI is InChI=1S/C25H27N3O3S/c1-19-15-16-28(18-19)23-13-11-21(12-14-23)26-25(29)20-7-6-10-24(17-20)32(30,31)27(2)22-8-4-3-5-9-22/h3-14,17,19H,15-16,18H2,1-2H3,(H,26,29). The molecule has 1 N–H and O–H groups in total. The van der Waals surface area contributed by atoms with E-state index in [9.17, 15) is 13.2 Å². The van der Waals surface area contributed by atoms with Gasteiger partial charge in [-0.25, -0.2) is 8.42 Å². The average molecular weight is 450 g/mol. The van der Waals surface area contributed by atoms with E-state index in [0.717, 1.165) is 18.8 Å². The van der Waals surface area contributed by atoms with E-state index in [1.54, 1.807) is 36.4 Å². The van der Waals surface area contributed by atoms with Gasteiger partial charge < -0.3 is 10.2 Å². The first-order valence-corrected chi connectivity index (χ1v) is 12.1. The van der Waals surface area contributed by atoms with Crippen LogP contribution in [0, 0.1) is 5.92 Å². The van der Waals surface area contributed by atoms with Gasteiger partial charge in [0.15, 0.2) is 0 Å². The fraction of sp³-hybridized carbons (Fsp3) is 0.240. The van der Waals surface area contributed by atoms with Crippen molar-refractivity contribution in [2.24, 2.45) is 5.92 Å². The van der Waals surface area contributed by atoms with Gasteiger partial charge in [-0.05, 0) is 66.9 Å². The summed E-state index contributed by atoms with van der Waals surface area (Å²) in [5.74, 6) is 0.339. The lowest BCUT2D eigenvalue weighted by atomic mass is 10.2. The Morgan fingerprint density at radius 2 is 1.72 bits per heavy atom. The zero-order valence-electron chi connectivity index (χ0n) is 18.2. The molecular formula is C25H27N3O3S. The molecule has 0 saturated carbocycles. The fourth-order valence-electron chi connectivity index (χ4n) is 3.86. The number of benzene rings is 3. The molecule has 0 aromatic heterocycles. The van der Waals surface area contributed by atoms with Gasteiger partial charge in [-0.2, -0.15) is 0 Å². The molecule has 166 valence electrons. The molecule has 0 bridgehead atoms. The number of para-hydroxylation sites is 1. The van der Waals surface area contributed by atoms with Crippen molar-refractivity contribution in [2.75, 3.05) is 34.7 Å². The van der Waals surface area contributed by atoms with Gasteiger partial charge in [-0.1, -0.05) is 31.2 Å². The number of nitrogens with one attached hydrogen (secondary N) is 1. The second kappa shape index (κ2) is 9.04. The number of carbonyl (C=O) groups is 1. The highest BCUT2D eigenvalue weighted by atomic mass is 32.2. The zero-order chi connectivity index (χ0) is 22.7. The van der Waals surface area contributed by atoms with E-state index in [1.165, 1.54) is 29.9 Å². The first-order valence-electron chi connectivity index (χ1n) is 10.6. The molecule has 1 amide bonds. The Morgan fingerprint density at radius 1 is 1.00 bits per heavy atom. The summed E-state index contributed by atoms with van der Waals surface area (Å²) in [6, 6.07) is 22.7. The predicted molar refractivity (Wildman–Crippen MR) is 129 cm³/mol. The minimum atomic E-state index is -3.79. The normalized spacial score (nSPS) is 16.1. The fourth-order valence-corrected chi connectivity index (χ4v) is 5.10. The van der Waals surface area contributed by atoms with Gasteiger partial charge in [-0.15, -0.1) is 0 Å². The molecule has 3 aromatic rings. The molecule has 6 nitrogen and oxygen atoms in total. The Morgan fingerprint density at radius 3 is 2.38 bits per heavy atom. The minimum absolute atomic E-state index is 0.0648. The largest absolute Gasteiger partial charge is 0.371 e. The molecule has 0 radical (unpaired) electrons. The van der Waals surface area contributed by atoms with Crippen LogP contribution < -0.4 is 14.5 Å². The topological polar surface area (TPSA) is 69.7 Å². The third-order valence-electron chi connectivity index (χ3n) is 5.79. The van der Waals surface area contributed by atoms with Crippen LogP contribution in [0.25, 0.3) is 0 Å². The van der Waals surface area contributed by atoms with Crippen LogP contribution in [0.15, 0.2) is 83.8 Å². The van der Waals surface area contributed by atoms with Gasteiger partial charge in [0.05, 0.1) is 10.6 Å². The summed E-state index contributed by atoms with van der Waals surface area (Å²) in [6.45, 7) is 4.34. The molecule has 1 aliphatic heterocycles. The molecule has 4 rings (SSSR count). The van der Waals surface area contributed by atoms with Crippen molar-refractivity contribution in [1.29, 1.82) is 0 Å². The maximum atomic E-state index is 13.0. The molecule has 1 unspecified atom stereocenters. The summed E-state index contributed by atoms with van der Waals surface area (Å²) < 4.78 is 27.3. The van der Waals surface area contributed by atoms with E-state index >= 15 is 0 Å². The van der Waals surface area contributed by atoms with Crippen LogP contribution in [0.1, 0.15) is 23.7 Å². The SMILES string of the molecule is CC1CCN(c2ccc(NC(=O)c3cccc(S(=O)(=O)N(C)c4ccccc4)c3)cc2)C1. The number of nitrogens with zero attached hydrogens (tertiary/aromatic N) is 2. The van der Waals surface area contributed by atoms with Crippen molar-refractivity contribution >= 4 is 33.0 Å². The number of hydrogen-bond donors (Lipinski definition) is 1. The number of anilines is 3. The lowest BCUT2D eigenvalue weighted by Gasteiger charge is -2.20. The number of amides is 1. The van der Waals surface area contributed by atoms with Gasteiger partial charge in [0.1, 0.15) is 0 Å². The monoisotopic (exact) mass is 449 g/mol. The van der Waals surface area contributed by atoms with Crippen molar-refractivity contribution in [1.82, 2.24) is 0 Å². The second-order valence-electron chi connectivity index (χ2n) is 8.18. The molecule has 1 aliphatic rings. The third-order valence-corrected chi connectivity index (χ3v) is 7.57. The number of rotatable bonds is 6. The lowest BCUT2D eigenvalue weighted by molar-refractivity contribution is 0.102. The Balaban J connectivity index is 1.49. The van der Waals surface area contributed by atoms with E-state index in [-0.39, 0.29) is 16.4 Å². The minimum Gasteiger partial charge on any atom is -0.371 e. The van der Waals surface area contributed by atoms with Crippen LogP contribution in [-0.2, 0) is 10.0 Å². The Labute approximate surface area is 189 Å². The molecule has 3 aromatic carbocycles. The molecule has 1 atom stereocenters. The Kier molecular flexibility index (Phi) is 6.19. The van der Waals surface area contributed by atoms with Gasteiger partial charge >= 0.3 is 0 Å². The summed E-state index contributed by atoms with van der Waals surface area (Å²) in [5.41, 5.74) is 2.64. The predicted octanol–water partition coefficient (Wildman–Crippen LogP) is 4.61. The quantitative estimate of drug-likeness (QED) is 0.597. The van der Waals surface area contributed by atoms with Gasteiger partial charge in [0.2, 0.25) is 0 Å². The third kappa shape index (κ3) is 4.62. The van der Waals surface area contributed by atoms with Gasteiger partial charge in [-0.3, -0.25) is 9.10 Å². The van der Waals surface area contributed by atoms with Crippen LogP contribution in [0.5, 0.6) is 0 Å². The smallest absolute Gasteiger partial charge is 0.264 e. The molecule has 0 aliphatic carbocycles. The van der Waals surface area contributed by atoms with Crippen LogP contribution >= 0.6 is 0 Å². The molecule has 0 spiro atoms. The maximum absolute atomic E-state index is 13.0. The van der Waals surface area contributed by atoms with E-state index < -0.39 is 10.0 Å². The van der Waals surface area contributed by atoms with Crippen LogP contribution in [0.3, 0.4) is 0 Å². The highest BCUT2D eigenvalue weighted by Gasteiger charge is 2.22. The zero-order valence-corrected chi connectivity index (χ0v) is 19.0. The van der Waals surface area contributed by atoms with E-state index in [0.29, 0.717) is 17.3 Å². The molecule has 32 heavy (non-hydrogen) atoms. The summed E-state index contributed by atoms with van der Waals surface area (Å²) in [7, 11) is -2.29. The summed E-state index contributed by atoms with van der Waals surface area (Å²) in [5, 5.41) is 2.86. The first-order chi connectivity index (χ1) is 15.3. The van der Waals surface area contributed by atoms with Gasteiger partial charge in [0, 0.05) is 37.1 Å². The lowest BCUT2D eigenvalue weighted by Crippen LogP contribution is -2.26. The number of sulfonamides is 1. The average Bonchev–Trinajstić information content (AvgIpc) is 3.26. The molecule has 7 heteroatoms. The Hall–Kier alpha value is -3.32. The Bertz CT molecular complexity index is 1190. The van der Waals surface area contributed by atoms with Crippen LogP contribution in [0.4, 0.5) is 17.1 Å². The molecule has 1 heterocycles. The summed E-state index contributed by atoms with van der Waals surface area (Å²) in [4.78, 5) is 15.2. The van der Waals surface area contributed by atoms with Crippen molar-refractivity contribution < 1.29 is 13.2 Å². The molecular weight excluding hydrogens is 422 g/mol. The van der Waals surface area contributed by atoms with Crippen molar-refractivity contribution in [3.63, 3.8) is 0 Å². The molecule has 1 saturated heterocycles. The summed E-state index contributed by atoms with van der Waals surface area (Å²) >= 11 is 0. The van der Waals surface area contributed by atoms with E-state index in [2.05, 4.69) is 17.1 Å². The van der Waals surface area contributed by atoms with Crippen molar-refractivity contribution in [3.05, 3.63) is 84.4 Å². The number of carbonyl (C=O) groups excluding carboxylic acids is 1. The van der Waals surface area contributed by atoms with Crippen molar-refractivity contribution in [3.8, 4) is 0 Å². The van der Waals surface area contributed by atoms with E-state index in [1.807, 2.05) is 30.3 Å². The van der Waals surface area contributed by atoms with Crippen molar-refractivity contribution in [2.45, 2.75) is 18.2 Å². The highest BCUT2D eigenvalue weighted by Crippen LogP contribution is 2.26. The highest BCUT2D eigenvalue weighted by molar-refractivity contribution is 7.92. The maximum Gasteiger partial charge on any atom is 0.264 e. The second-order valence-corrected chi connectivity index (χ2v) is 10.1.